The van der Waals surface area contributed by atoms with Crippen LogP contribution < -0.4 is 5.56 Å². The summed E-state index contributed by atoms with van der Waals surface area (Å²) in [4.78, 5) is 27.9. The Labute approximate surface area is 124 Å². The van der Waals surface area contributed by atoms with Gasteiger partial charge in [0, 0.05) is 12.3 Å². The molecule has 0 amide bonds. The summed E-state index contributed by atoms with van der Waals surface area (Å²) in [5, 5.41) is 9.31. The minimum atomic E-state index is -3.19. The number of nitrogens with zero attached hydrogens (tertiary/aromatic N) is 2. The van der Waals surface area contributed by atoms with Crippen molar-refractivity contribution in [2.45, 2.75) is 20.4 Å². The molecule has 2 aromatic heterocycles. The number of hydrogen-bond acceptors (Lipinski definition) is 6. The summed E-state index contributed by atoms with van der Waals surface area (Å²) in [6.07, 6.45) is 1.26. The number of sulfone groups is 1. The van der Waals surface area contributed by atoms with Crippen LogP contribution in [0.5, 0.6) is 0 Å². The maximum atomic E-state index is 12.3. The molecule has 0 atom stereocenters. The highest BCUT2D eigenvalue weighted by Gasteiger charge is 2.19. The Morgan fingerprint density at radius 3 is 2.71 bits per heavy atom. The predicted molar refractivity (Wildman–Crippen MR) is 79.9 cm³/mol. The van der Waals surface area contributed by atoms with E-state index in [-0.39, 0.29) is 28.3 Å². The first-order chi connectivity index (χ1) is 9.76. The fraction of sp³-hybridized carbons (Fsp3) is 0.417. The molecule has 0 radical (unpaired) electrons. The van der Waals surface area contributed by atoms with Gasteiger partial charge in [0.1, 0.15) is 9.71 Å². The zero-order valence-corrected chi connectivity index (χ0v) is 13.1. The number of aryl methyl sites for hydroxylation is 2. The molecule has 0 saturated heterocycles. The highest BCUT2D eigenvalue weighted by molar-refractivity contribution is 7.91. The topological polar surface area (TPSA) is 106 Å². The number of carbonyl (C=O) groups is 1. The number of carboxylic acid groups (broad SMARTS) is 1. The van der Waals surface area contributed by atoms with E-state index in [0.29, 0.717) is 10.4 Å². The summed E-state index contributed by atoms with van der Waals surface area (Å²) < 4.78 is 24.2. The van der Waals surface area contributed by atoms with Crippen LogP contribution >= 0.6 is 11.3 Å². The minimum Gasteiger partial charge on any atom is -0.477 e. The molecule has 114 valence electrons. The highest BCUT2D eigenvalue weighted by atomic mass is 32.2. The van der Waals surface area contributed by atoms with Crippen molar-refractivity contribution in [2.75, 3.05) is 11.5 Å². The number of aromatic nitrogens is 2. The van der Waals surface area contributed by atoms with Gasteiger partial charge in [-0.25, -0.2) is 18.2 Å². The molecule has 2 heterocycles. The van der Waals surface area contributed by atoms with Crippen molar-refractivity contribution < 1.29 is 18.3 Å². The molecule has 2 aromatic rings. The molecule has 0 spiro atoms. The van der Waals surface area contributed by atoms with Crippen molar-refractivity contribution in [3.8, 4) is 0 Å². The molecule has 0 fully saturated rings. The molecule has 0 aliphatic carbocycles. The molecule has 0 bridgehead atoms. The van der Waals surface area contributed by atoms with Crippen LogP contribution in [0.25, 0.3) is 10.2 Å². The second kappa shape index (κ2) is 5.57. The third kappa shape index (κ3) is 2.98. The molecule has 0 aromatic carbocycles. The molecule has 21 heavy (non-hydrogen) atoms. The summed E-state index contributed by atoms with van der Waals surface area (Å²) in [5.41, 5.74) is -0.0414. The van der Waals surface area contributed by atoms with Crippen LogP contribution in [0.2, 0.25) is 0 Å². The van der Waals surface area contributed by atoms with Gasteiger partial charge >= 0.3 is 5.97 Å². The van der Waals surface area contributed by atoms with Crippen molar-refractivity contribution in [3.05, 3.63) is 27.1 Å². The van der Waals surface area contributed by atoms with E-state index >= 15 is 0 Å². The van der Waals surface area contributed by atoms with E-state index in [1.165, 1.54) is 10.9 Å². The Morgan fingerprint density at radius 1 is 1.48 bits per heavy atom. The zero-order chi connectivity index (χ0) is 15.8. The number of carboxylic acids is 1. The lowest BCUT2D eigenvalue weighted by molar-refractivity contribution is 0.0701. The Balaban J connectivity index is 2.49. The average Bonchev–Trinajstić information content (AvgIpc) is 2.76. The Morgan fingerprint density at radius 2 is 2.14 bits per heavy atom. The monoisotopic (exact) mass is 330 g/mol. The molecule has 0 saturated carbocycles. The first-order valence-corrected chi connectivity index (χ1v) is 8.83. The van der Waals surface area contributed by atoms with Crippen LogP contribution in [-0.2, 0) is 16.4 Å². The lowest BCUT2D eigenvalue weighted by atomic mass is 10.2. The van der Waals surface area contributed by atoms with Crippen molar-refractivity contribution in [1.29, 1.82) is 0 Å². The standard InChI is InChI=1S/C12H14N2O5S2/c1-3-21(18,19)5-4-14-6-13-10-8(11(14)15)7(2)9(20-10)12(16)17/h6H,3-5H2,1-2H3,(H,16,17). The van der Waals surface area contributed by atoms with E-state index in [2.05, 4.69) is 4.98 Å². The Bertz CT molecular complexity index is 864. The summed E-state index contributed by atoms with van der Waals surface area (Å²) in [7, 11) is -3.19. The van der Waals surface area contributed by atoms with Gasteiger partial charge < -0.3 is 5.11 Å². The number of aromatic carboxylic acids is 1. The van der Waals surface area contributed by atoms with E-state index in [0.717, 1.165) is 11.3 Å². The summed E-state index contributed by atoms with van der Waals surface area (Å²) in [6, 6.07) is 0. The van der Waals surface area contributed by atoms with Crippen molar-refractivity contribution >= 4 is 37.4 Å². The number of thiophene rings is 1. The van der Waals surface area contributed by atoms with Gasteiger partial charge in [-0.3, -0.25) is 9.36 Å². The molecule has 0 aliphatic rings. The third-order valence-corrected chi connectivity index (χ3v) is 6.07. The zero-order valence-electron chi connectivity index (χ0n) is 11.5. The Kier molecular flexibility index (Phi) is 4.15. The van der Waals surface area contributed by atoms with Gasteiger partial charge in [0.2, 0.25) is 0 Å². The van der Waals surface area contributed by atoms with Gasteiger partial charge in [0.05, 0.1) is 17.5 Å². The van der Waals surface area contributed by atoms with E-state index < -0.39 is 21.4 Å². The number of hydrogen-bond donors (Lipinski definition) is 1. The summed E-state index contributed by atoms with van der Waals surface area (Å²) in [5.74, 6) is -1.24. The third-order valence-electron chi connectivity index (χ3n) is 3.19. The number of rotatable bonds is 5. The van der Waals surface area contributed by atoms with Crippen LogP contribution in [0.4, 0.5) is 0 Å². The van der Waals surface area contributed by atoms with Crippen molar-refractivity contribution in [1.82, 2.24) is 9.55 Å². The quantitative estimate of drug-likeness (QED) is 0.873. The van der Waals surface area contributed by atoms with Crippen LogP contribution in [0.15, 0.2) is 11.1 Å². The normalized spacial score (nSPS) is 11.9. The second-order valence-corrected chi connectivity index (χ2v) is 7.99. The Hall–Kier alpha value is -1.74. The second-order valence-electron chi connectivity index (χ2n) is 4.52. The SMILES string of the molecule is CCS(=O)(=O)CCn1cnc2sc(C(=O)O)c(C)c2c1=O. The molecule has 0 aliphatic heterocycles. The van der Waals surface area contributed by atoms with Crippen LogP contribution in [0, 0.1) is 6.92 Å². The van der Waals surface area contributed by atoms with Gasteiger partial charge in [0.25, 0.3) is 5.56 Å². The maximum Gasteiger partial charge on any atom is 0.346 e. The molecule has 1 N–H and O–H groups in total. The first-order valence-electron chi connectivity index (χ1n) is 6.19. The molecular formula is C12H14N2O5S2. The smallest absolute Gasteiger partial charge is 0.346 e. The van der Waals surface area contributed by atoms with Gasteiger partial charge in [-0.2, -0.15) is 0 Å². The van der Waals surface area contributed by atoms with Gasteiger partial charge in [-0.05, 0) is 12.5 Å². The lowest BCUT2D eigenvalue weighted by Gasteiger charge is -2.05. The fourth-order valence-electron chi connectivity index (χ4n) is 1.90. The van der Waals surface area contributed by atoms with E-state index in [1.807, 2.05) is 0 Å². The molecule has 2 rings (SSSR count). The van der Waals surface area contributed by atoms with E-state index in [1.54, 1.807) is 13.8 Å². The molecule has 0 unspecified atom stereocenters. The lowest BCUT2D eigenvalue weighted by Crippen LogP contribution is -2.25. The van der Waals surface area contributed by atoms with Crippen molar-refractivity contribution in [3.63, 3.8) is 0 Å². The molecule has 7 nitrogen and oxygen atoms in total. The minimum absolute atomic E-state index is 0.00956. The number of fused-ring (bicyclic) bond motifs is 1. The summed E-state index contributed by atoms with van der Waals surface area (Å²) in [6.45, 7) is 3.11. The first kappa shape index (κ1) is 15.6. The largest absolute Gasteiger partial charge is 0.477 e. The van der Waals surface area contributed by atoms with Gasteiger partial charge in [-0.15, -0.1) is 11.3 Å². The molecular weight excluding hydrogens is 316 g/mol. The highest BCUT2D eigenvalue weighted by Crippen LogP contribution is 2.26. The van der Waals surface area contributed by atoms with Gasteiger partial charge in [0.15, 0.2) is 9.84 Å². The predicted octanol–water partition coefficient (Wildman–Crippen LogP) is 0.899. The van der Waals surface area contributed by atoms with Crippen LogP contribution in [0.3, 0.4) is 0 Å². The fourth-order valence-corrected chi connectivity index (χ4v) is 3.65. The van der Waals surface area contributed by atoms with Gasteiger partial charge in [-0.1, -0.05) is 6.92 Å². The maximum absolute atomic E-state index is 12.3. The van der Waals surface area contributed by atoms with E-state index in [4.69, 9.17) is 5.11 Å². The van der Waals surface area contributed by atoms with E-state index in [9.17, 15) is 18.0 Å². The average molecular weight is 330 g/mol. The van der Waals surface area contributed by atoms with Crippen molar-refractivity contribution in [2.24, 2.45) is 0 Å². The summed E-state index contributed by atoms with van der Waals surface area (Å²) >= 11 is 0.941. The molecule has 9 heteroatoms. The van der Waals surface area contributed by atoms with Crippen LogP contribution in [0.1, 0.15) is 22.2 Å². The van der Waals surface area contributed by atoms with Crippen LogP contribution in [-0.4, -0.2) is 40.6 Å².